The summed E-state index contributed by atoms with van der Waals surface area (Å²) in [6.45, 7) is 7.11. The summed E-state index contributed by atoms with van der Waals surface area (Å²) < 4.78 is 31.1. The first-order chi connectivity index (χ1) is 52.4. The molecule has 602 valence electrons. The molecule has 0 radical (unpaired) electrons. The first-order valence-electron chi connectivity index (χ1n) is 33.8. The summed E-state index contributed by atoms with van der Waals surface area (Å²) in [5, 5.41) is 144. The van der Waals surface area contributed by atoms with Gasteiger partial charge >= 0.3 is 23.9 Å². The lowest BCUT2D eigenvalue weighted by Gasteiger charge is -2.24. The number of Topliss-reactive ketones (excluding diaryl/α,β-unsaturated/α-hetero) is 2. The van der Waals surface area contributed by atoms with Crippen molar-refractivity contribution >= 4 is 68.5 Å². The number of carboxylic acid groups (broad SMARTS) is 2. The highest BCUT2D eigenvalue weighted by Crippen LogP contribution is 2.25. The number of hydrogen-bond acceptors (Lipinski definition) is 36. The molecule has 44 nitrogen and oxygen atoms in total. The minimum absolute atomic E-state index is 0.0312. The van der Waals surface area contributed by atoms with E-state index in [4.69, 9.17) is 30.2 Å². The number of esters is 2. The van der Waals surface area contributed by atoms with E-state index in [1.807, 2.05) is 41.5 Å². The van der Waals surface area contributed by atoms with Crippen LogP contribution in [0.15, 0.2) is 50.8 Å². The normalized spacial score (nSPS) is 13.8. The summed E-state index contributed by atoms with van der Waals surface area (Å²) in [5.41, 5.74) is 10.9. The Morgan fingerprint density at radius 1 is 0.405 bits per heavy atom. The van der Waals surface area contributed by atoms with Gasteiger partial charge in [0, 0.05) is 34.0 Å². The number of ketones is 2. The van der Waals surface area contributed by atoms with Gasteiger partial charge in [0.2, 0.25) is 17.5 Å². The Kier molecular flexibility index (Phi) is 32.9. The third kappa shape index (κ3) is 24.0. The van der Waals surface area contributed by atoms with Crippen LogP contribution in [-0.4, -0.2) is 296 Å². The van der Waals surface area contributed by atoms with Gasteiger partial charge in [-0.2, -0.15) is 0 Å². The molecular weight excluding hydrogens is 1470 g/mol. The minimum Gasteiger partial charge on any atom is -0.481 e. The van der Waals surface area contributed by atoms with Crippen LogP contribution in [0.5, 0.6) is 0 Å². The van der Waals surface area contributed by atoms with Gasteiger partial charge in [-0.05, 0) is 143 Å². The molecule has 0 unspecified atom stereocenters. The first-order valence-corrected chi connectivity index (χ1v) is 33.8. The molecule has 13 N–H and O–H groups in total. The monoisotopic (exact) mass is 1560 g/mol. The molecule has 0 fully saturated rings. The van der Waals surface area contributed by atoms with E-state index in [-0.39, 0.29) is 98.2 Å². The van der Waals surface area contributed by atoms with Gasteiger partial charge in [0.15, 0.2) is 28.6 Å². The Morgan fingerprint density at radius 2 is 0.694 bits per heavy atom. The maximum atomic E-state index is 13.4. The Bertz CT molecular complexity index is 4940. The van der Waals surface area contributed by atoms with Crippen molar-refractivity contribution < 1.29 is 109 Å². The molecule has 3 aromatic carbocycles. The molecule has 6 heterocycles. The van der Waals surface area contributed by atoms with Gasteiger partial charge < -0.3 is 99.3 Å². The standard InChI is InChI=1S/C23H30N6O8.C22H28N6O8.C19H24N6O7.C3H7NO2/c1-12-7-15-16(8-13(12)2)29(23(35)20(24-15)22-25-26-27-28(22)3)9-17(31)21(34)18(32)11-37-10-14(30)5-6-19(33)36-4;1-11-6-14-15(7-12(11)2)28(22(35)19(23-14)21-24-25-26-27(21)3)8-16(30)20(34)17(31)10-36-9-13(29)4-5-18(32)33;1-9-4-11-12(5-10(9)2)25(19(31)16(20-11)18-21-22-23-24(18)3)6-13(26)17(30)14(27)7-32-8-15(28)29;1-6-3(5)2-4/h7-8,17-18,21,31-32,34H,5-6,9-11H2,1-4H3;6-7,16-17,20,30-31,34H,4-5,8-10H2,1-3H3,(H,32,33);4-5,13-14,17,26-27,30H,6-8H2,1-3H3,(H,28,29);2,4H2,1H3/t17-,18+,21-;16-,17+,20-;13-,14+,17-;/m000./s1. The quantitative estimate of drug-likeness (QED) is 0.0168. The Hall–Kier alpha value is -11.0. The number of tetrazole rings is 3. The average molecular weight is 1560 g/mol. The van der Waals surface area contributed by atoms with E-state index in [0.29, 0.717) is 33.1 Å². The molecule has 0 aliphatic rings. The SMILES string of the molecule is COC(=O)CCC(=O)COC[C@@H](O)[C@@H](O)[C@@H](O)Cn1c(=O)c(-c2nnnn2C)nc2cc(C)c(C)cc21.COC(=O)CN.Cc1cc2nc(-c3nnnn3C)c(=O)n(C[C@H](O)[C@H](O)[C@H](O)COCC(=O)CCC(=O)O)c2cc1C.Cc1cc2nc(-c3nnnn3C)c(=O)n(C[C@H](O)[C@H](O)[C@H](O)COCC(=O)O)c2cc1C. The molecule has 0 spiro atoms. The van der Waals surface area contributed by atoms with E-state index in [1.165, 1.54) is 42.0 Å². The Morgan fingerprint density at radius 3 is 0.946 bits per heavy atom. The summed E-state index contributed by atoms with van der Waals surface area (Å²) >= 11 is 0. The van der Waals surface area contributed by atoms with Crippen molar-refractivity contribution in [2.24, 2.45) is 26.9 Å². The van der Waals surface area contributed by atoms with E-state index >= 15 is 0 Å². The number of carboxylic acids is 2. The predicted molar refractivity (Wildman–Crippen MR) is 383 cm³/mol. The summed E-state index contributed by atoms with van der Waals surface area (Å²) in [6.07, 6.45) is -15.3. The highest BCUT2D eigenvalue weighted by molar-refractivity contribution is 5.85. The number of aliphatic carboxylic acids is 2. The molecule has 0 aliphatic carbocycles. The molecule has 44 heteroatoms. The first kappa shape index (κ1) is 88.9. The average Bonchev–Trinajstić information content (AvgIpc) is 1.72. The number of methoxy groups -OCH3 is 2. The van der Waals surface area contributed by atoms with E-state index in [2.05, 4.69) is 71.0 Å². The minimum atomic E-state index is -1.72. The number of carbonyl (C=O) groups is 6. The number of aryl methyl sites for hydroxylation is 9. The Balaban J connectivity index is 0.000000251. The smallest absolute Gasteiger partial charge is 0.329 e. The van der Waals surface area contributed by atoms with Crippen molar-refractivity contribution in [2.75, 3.05) is 60.4 Å². The van der Waals surface area contributed by atoms with Crippen LogP contribution in [0.1, 0.15) is 59.1 Å². The van der Waals surface area contributed by atoms with E-state index in [0.717, 1.165) is 33.4 Å². The van der Waals surface area contributed by atoms with Crippen molar-refractivity contribution in [3.05, 3.63) is 101 Å². The summed E-state index contributed by atoms with van der Waals surface area (Å²) in [7, 11) is 7.17. The molecule has 0 amide bonds. The molecule has 0 saturated heterocycles. The maximum Gasteiger partial charge on any atom is 0.329 e. The molecule has 0 aliphatic heterocycles. The third-order valence-corrected chi connectivity index (χ3v) is 17.1. The van der Waals surface area contributed by atoms with Gasteiger partial charge in [-0.25, -0.2) is 33.8 Å². The lowest BCUT2D eigenvalue weighted by molar-refractivity contribution is -0.145. The molecule has 6 aromatic heterocycles. The number of aliphatic hydroxyl groups is 9. The van der Waals surface area contributed by atoms with Gasteiger partial charge in [0.05, 0.1) is 106 Å². The van der Waals surface area contributed by atoms with Crippen LogP contribution in [0.4, 0.5) is 0 Å². The zero-order valence-electron chi connectivity index (χ0n) is 62.3. The van der Waals surface area contributed by atoms with Crippen LogP contribution in [0.3, 0.4) is 0 Å². The lowest BCUT2D eigenvalue weighted by atomic mass is 10.1. The fourth-order valence-electron chi connectivity index (χ4n) is 10.4. The van der Waals surface area contributed by atoms with E-state index in [1.54, 1.807) is 57.5 Å². The number of rotatable bonds is 34. The zero-order valence-corrected chi connectivity index (χ0v) is 62.3. The third-order valence-electron chi connectivity index (χ3n) is 17.1. The number of nitrogens with two attached hydrogens (primary N) is 1. The second-order valence-corrected chi connectivity index (χ2v) is 25.4. The fourth-order valence-corrected chi connectivity index (χ4v) is 10.4. The van der Waals surface area contributed by atoms with Gasteiger partial charge in [-0.3, -0.25) is 38.4 Å². The van der Waals surface area contributed by atoms with Gasteiger partial charge in [-0.1, -0.05) is 0 Å². The highest BCUT2D eigenvalue weighted by atomic mass is 16.5. The molecular formula is C67H89N19O25. The van der Waals surface area contributed by atoms with Gasteiger partial charge in [0.1, 0.15) is 74.8 Å². The maximum absolute atomic E-state index is 13.4. The van der Waals surface area contributed by atoms with Gasteiger partial charge in [0.25, 0.3) is 16.7 Å². The largest absolute Gasteiger partial charge is 0.481 e. The van der Waals surface area contributed by atoms with Crippen LogP contribution >= 0.6 is 0 Å². The Labute approximate surface area is 628 Å². The second-order valence-electron chi connectivity index (χ2n) is 25.4. The number of aromatic nitrogens is 18. The molecule has 9 atom stereocenters. The number of fused-ring (bicyclic) bond motifs is 3. The molecule has 9 aromatic rings. The summed E-state index contributed by atoms with van der Waals surface area (Å²) in [4.78, 5) is 119. The number of benzene rings is 3. The van der Waals surface area contributed by atoms with Crippen molar-refractivity contribution in [3.63, 3.8) is 0 Å². The van der Waals surface area contributed by atoms with Crippen LogP contribution in [0.2, 0.25) is 0 Å². The number of ether oxygens (including phenoxy) is 5. The van der Waals surface area contributed by atoms with Crippen molar-refractivity contribution in [1.29, 1.82) is 0 Å². The predicted octanol–water partition coefficient (Wildman–Crippen LogP) is -4.93. The van der Waals surface area contributed by atoms with Crippen molar-refractivity contribution in [2.45, 2.75) is 142 Å². The summed E-state index contributed by atoms with van der Waals surface area (Å²) in [5.74, 6) is -3.78. The van der Waals surface area contributed by atoms with E-state index in [9.17, 15) is 89.1 Å². The number of hydrogen-bond donors (Lipinski definition) is 12. The molecule has 0 bridgehead atoms. The zero-order chi connectivity index (χ0) is 82.4. The number of aliphatic hydroxyl groups excluding tert-OH is 9. The van der Waals surface area contributed by atoms with Crippen molar-refractivity contribution in [1.82, 2.24) is 89.3 Å². The fraction of sp³-hybridized carbons (Fsp3) is 0.507. The number of carbonyl (C=O) groups excluding carboxylic acids is 4. The molecule has 9 rings (SSSR count). The molecule has 111 heavy (non-hydrogen) atoms. The van der Waals surface area contributed by atoms with Crippen LogP contribution in [0, 0.1) is 41.5 Å². The van der Waals surface area contributed by atoms with Crippen molar-refractivity contribution in [3.8, 4) is 34.6 Å². The van der Waals surface area contributed by atoms with E-state index < -0.39 is 135 Å². The summed E-state index contributed by atoms with van der Waals surface area (Å²) in [6, 6.07) is 10.6. The second kappa shape index (κ2) is 41.1. The van der Waals surface area contributed by atoms with Crippen LogP contribution in [-0.2, 0) is 93.2 Å². The van der Waals surface area contributed by atoms with Crippen LogP contribution in [0.25, 0.3) is 67.7 Å². The topological polar surface area (TPSA) is 633 Å². The van der Waals surface area contributed by atoms with Gasteiger partial charge in [-0.15, -0.1) is 15.3 Å². The highest BCUT2D eigenvalue weighted by Gasteiger charge is 2.32. The molecule has 0 saturated carbocycles. The van der Waals surface area contributed by atoms with Crippen LogP contribution < -0.4 is 22.4 Å². The number of nitrogens with zero attached hydrogens (tertiary/aromatic N) is 18. The lowest BCUT2D eigenvalue weighted by Crippen LogP contribution is -2.44.